The highest BCUT2D eigenvalue weighted by atomic mass is 16.7. The van der Waals surface area contributed by atoms with Crippen LogP contribution in [-0.2, 0) is 12.8 Å². The standard InChI is InChI=1S/C65H114N4O2/c1-11-21-33-56(34-22-12-2)58-47-54(19-9)64-60(49-58)51-66-62-37-29-30-38-63(62)67-52-61-50-59(48-55(20-10)65(61)71-53-70-64)57(35-31-45-68(39-23-13-3,40-24-14-4)41-25-15-5)36-32-46-69(42-26-16-6,43-27-17-7)44-28-18-8/h47-52,56-57,62-63H,11-46,53H2,1-10H3/q+2. The second kappa shape index (κ2) is 34.7. The Hall–Kier alpha value is -2.70. The first-order valence-corrected chi connectivity index (χ1v) is 31.1. The van der Waals surface area contributed by atoms with E-state index in [4.69, 9.17) is 19.5 Å². The Balaban J connectivity index is 1.80. The quantitative estimate of drug-likeness (QED) is 0.0639. The van der Waals surface area contributed by atoms with E-state index in [0.29, 0.717) is 11.8 Å². The van der Waals surface area contributed by atoms with Gasteiger partial charge in [0.25, 0.3) is 0 Å². The molecule has 2 unspecified atom stereocenters. The van der Waals surface area contributed by atoms with Crippen LogP contribution in [0.5, 0.6) is 11.5 Å². The summed E-state index contributed by atoms with van der Waals surface area (Å²) in [6, 6.07) is 10.3. The highest BCUT2D eigenvalue weighted by Crippen LogP contribution is 2.38. The molecule has 404 valence electrons. The van der Waals surface area contributed by atoms with E-state index in [0.717, 1.165) is 48.3 Å². The Labute approximate surface area is 440 Å². The molecule has 6 heteroatoms. The molecule has 0 bridgehead atoms. The molecule has 0 spiro atoms. The molecule has 2 aliphatic rings. The third-order valence-corrected chi connectivity index (χ3v) is 17.1. The van der Waals surface area contributed by atoms with Crippen molar-refractivity contribution in [2.75, 3.05) is 59.2 Å². The van der Waals surface area contributed by atoms with Gasteiger partial charge in [0, 0.05) is 23.6 Å². The Bertz CT molecular complexity index is 1690. The molecule has 2 atom stereocenters. The van der Waals surface area contributed by atoms with Crippen LogP contribution in [0.25, 0.3) is 0 Å². The number of ether oxygens (including phenoxy) is 2. The maximum absolute atomic E-state index is 6.95. The van der Waals surface area contributed by atoms with Crippen molar-refractivity contribution in [3.63, 3.8) is 0 Å². The van der Waals surface area contributed by atoms with Crippen LogP contribution in [0.15, 0.2) is 34.3 Å². The maximum Gasteiger partial charge on any atom is 0.230 e. The van der Waals surface area contributed by atoms with E-state index in [-0.39, 0.29) is 18.9 Å². The fourth-order valence-corrected chi connectivity index (χ4v) is 12.5. The molecule has 0 aromatic heterocycles. The van der Waals surface area contributed by atoms with E-state index in [9.17, 15) is 0 Å². The number of aliphatic imine (C=N–C) groups is 2. The lowest BCUT2D eigenvalue weighted by molar-refractivity contribution is -0.929. The van der Waals surface area contributed by atoms with Gasteiger partial charge >= 0.3 is 0 Å². The highest BCUT2D eigenvalue weighted by molar-refractivity contribution is 5.86. The van der Waals surface area contributed by atoms with Crippen LogP contribution < -0.4 is 9.47 Å². The van der Waals surface area contributed by atoms with Crippen LogP contribution in [0.1, 0.15) is 281 Å². The summed E-state index contributed by atoms with van der Waals surface area (Å²) in [5.41, 5.74) is 7.79. The number of unbranched alkanes of at least 4 members (excludes halogenated alkanes) is 8. The van der Waals surface area contributed by atoms with Gasteiger partial charge in [-0.2, -0.15) is 0 Å². The van der Waals surface area contributed by atoms with E-state index in [1.807, 2.05) is 0 Å². The molecule has 2 aromatic rings. The number of rotatable bonds is 36. The van der Waals surface area contributed by atoms with Crippen LogP contribution in [-0.4, -0.2) is 92.6 Å². The minimum Gasteiger partial charge on any atom is -0.457 e. The van der Waals surface area contributed by atoms with Gasteiger partial charge in [0.1, 0.15) is 11.5 Å². The molecule has 1 aliphatic carbocycles. The normalized spacial score (nSPS) is 16.5. The van der Waals surface area contributed by atoms with Crippen molar-refractivity contribution >= 4 is 12.4 Å². The molecule has 0 amide bonds. The van der Waals surface area contributed by atoms with Crippen molar-refractivity contribution in [1.29, 1.82) is 0 Å². The van der Waals surface area contributed by atoms with Crippen LogP contribution >= 0.6 is 0 Å². The summed E-state index contributed by atoms with van der Waals surface area (Å²) >= 11 is 0. The van der Waals surface area contributed by atoms with E-state index >= 15 is 0 Å². The smallest absolute Gasteiger partial charge is 0.230 e. The first-order valence-electron chi connectivity index (χ1n) is 31.1. The zero-order chi connectivity index (χ0) is 51.2. The van der Waals surface area contributed by atoms with Crippen LogP contribution in [0.2, 0.25) is 0 Å². The molecule has 0 N–H and O–H groups in total. The number of benzene rings is 2. The first kappa shape index (κ1) is 60.9. The summed E-state index contributed by atoms with van der Waals surface area (Å²) in [5, 5.41) is 0. The molecule has 4 rings (SSSR count). The Morgan fingerprint density at radius 1 is 0.423 bits per heavy atom. The van der Waals surface area contributed by atoms with Crippen molar-refractivity contribution in [3.8, 4) is 11.5 Å². The summed E-state index contributed by atoms with van der Waals surface area (Å²) < 4.78 is 16.5. The molecule has 1 saturated carbocycles. The van der Waals surface area contributed by atoms with E-state index in [2.05, 4.69) is 106 Å². The Morgan fingerprint density at radius 2 is 0.732 bits per heavy atom. The highest BCUT2D eigenvalue weighted by Gasteiger charge is 2.30. The molecule has 1 heterocycles. The van der Waals surface area contributed by atoms with Crippen molar-refractivity contribution in [2.24, 2.45) is 9.98 Å². The fraction of sp³-hybridized carbons (Fsp3) is 0.785. The molecule has 1 fully saturated rings. The van der Waals surface area contributed by atoms with Gasteiger partial charge in [0.2, 0.25) is 6.79 Å². The van der Waals surface area contributed by atoms with Gasteiger partial charge in [-0.25, -0.2) is 0 Å². The summed E-state index contributed by atoms with van der Waals surface area (Å²) in [7, 11) is 0. The van der Waals surface area contributed by atoms with Crippen molar-refractivity contribution in [3.05, 3.63) is 57.6 Å². The van der Waals surface area contributed by atoms with Gasteiger partial charge in [-0.1, -0.05) is 158 Å². The topological polar surface area (TPSA) is 43.2 Å². The molecule has 2 aromatic carbocycles. The summed E-state index contributed by atoms with van der Waals surface area (Å²) in [6.07, 6.45) is 39.2. The number of aryl methyl sites for hydroxylation is 2. The Morgan fingerprint density at radius 3 is 1.04 bits per heavy atom. The van der Waals surface area contributed by atoms with Crippen molar-refractivity contribution in [2.45, 2.75) is 273 Å². The van der Waals surface area contributed by atoms with Gasteiger partial charge < -0.3 is 18.4 Å². The molecule has 0 saturated heterocycles. The first-order chi connectivity index (χ1) is 34.7. The predicted octanol–water partition coefficient (Wildman–Crippen LogP) is 17.9. The second-order valence-electron chi connectivity index (χ2n) is 22.8. The maximum atomic E-state index is 6.95. The summed E-state index contributed by atoms with van der Waals surface area (Å²) in [4.78, 5) is 11.0. The zero-order valence-electron chi connectivity index (χ0n) is 48.5. The minimum atomic E-state index is 0.165. The van der Waals surface area contributed by atoms with Gasteiger partial charge in [0.15, 0.2) is 0 Å². The molecular weight excluding hydrogens is 869 g/mol. The number of hydrogen-bond donors (Lipinski definition) is 0. The van der Waals surface area contributed by atoms with E-state index in [1.54, 1.807) is 0 Å². The van der Waals surface area contributed by atoms with Crippen LogP contribution in [0.3, 0.4) is 0 Å². The SMILES string of the molecule is CCCCC(CCCC)c1cc2c(c(CC)c1)OCOc1c(cc(C(CCC[N+](CCCC)(CCCC)CCCC)CCC[N+](CCCC)(CCCC)CCCC)cc1CC)C=NC1CCCCC1N=C2. The van der Waals surface area contributed by atoms with Gasteiger partial charge in [0.05, 0.1) is 64.4 Å². The molecule has 1 aliphatic heterocycles. The average molecular weight is 984 g/mol. The summed E-state index contributed by atoms with van der Waals surface area (Å²) in [6.45, 7) is 34.5. The molecule has 71 heavy (non-hydrogen) atoms. The fourth-order valence-electron chi connectivity index (χ4n) is 12.5. The second-order valence-corrected chi connectivity index (χ2v) is 22.8. The number of quaternary nitrogens is 2. The number of hydrogen-bond acceptors (Lipinski definition) is 4. The lowest BCUT2D eigenvalue weighted by Gasteiger charge is -2.40. The van der Waals surface area contributed by atoms with Crippen LogP contribution in [0, 0.1) is 0 Å². The third-order valence-electron chi connectivity index (χ3n) is 17.1. The van der Waals surface area contributed by atoms with E-state index in [1.165, 1.54) is 238 Å². The van der Waals surface area contributed by atoms with Gasteiger partial charge in [-0.05, 0) is 149 Å². The number of fused-ring (bicyclic) bond motifs is 3. The molecular formula is C65H114N4O2+2. The zero-order valence-corrected chi connectivity index (χ0v) is 48.5. The average Bonchev–Trinajstić information content (AvgIpc) is 3.41. The monoisotopic (exact) mass is 983 g/mol. The lowest BCUT2D eigenvalue weighted by Crippen LogP contribution is -2.51. The summed E-state index contributed by atoms with van der Waals surface area (Å²) in [5.74, 6) is 2.99. The third kappa shape index (κ3) is 19.8. The van der Waals surface area contributed by atoms with Gasteiger partial charge in [-0.15, -0.1) is 0 Å². The molecule has 6 nitrogen and oxygen atoms in total. The Kier molecular flexibility index (Phi) is 29.8. The van der Waals surface area contributed by atoms with E-state index < -0.39 is 0 Å². The van der Waals surface area contributed by atoms with Crippen molar-refractivity contribution < 1.29 is 18.4 Å². The lowest BCUT2D eigenvalue weighted by atomic mass is 9.86. The minimum absolute atomic E-state index is 0.165. The molecule has 0 radical (unpaired) electrons. The predicted molar refractivity (Wildman–Crippen MR) is 311 cm³/mol. The van der Waals surface area contributed by atoms with Crippen molar-refractivity contribution in [1.82, 2.24) is 0 Å². The largest absolute Gasteiger partial charge is 0.457 e. The number of nitrogens with zero attached hydrogens (tertiary/aromatic N) is 4. The van der Waals surface area contributed by atoms with Gasteiger partial charge in [-0.3, -0.25) is 9.98 Å². The van der Waals surface area contributed by atoms with Crippen LogP contribution in [0.4, 0.5) is 0 Å².